The highest BCUT2D eigenvalue weighted by Gasteiger charge is 2.53. The van der Waals surface area contributed by atoms with Crippen molar-refractivity contribution >= 4 is 23.6 Å². The molecule has 2 aliphatic rings. The lowest BCUT2D eigenvalue weighted by Gasteiger charge is -2.25. The highest BCUT2D eigenvalue weighted by atomic mass is 32.2. The van der Waals surface area contributed by atoms with Gasteiger partial charge in [0, 0.05) is 18.7 Å². The molecule has 0 N–H and O–H groups in total. The molecule has 0 radical (unpaired) electrons. The molecule has 5 nitrogen and oxygen atoms in total. The molecular weight excluding hydrogens is 324 g/mol. The Morgan fingerprint density at radius 2 is 2.21 bits per heavy atom. The standard InChI is InChI=1S/C18H24N2O3S/c1-14-4-3-5-15(10-14)23-8-7-19(2)13-20-16(21)11-18(17(20)22)6-9-24-12-18/h3-5,10H,6-9,11-13H2,1-2H3. The second kappa shape index (κ2) is 7.15. The molecule has 130 valence electrons. The number of amides is 2. The maximum Gasteiger partial charge on any atom is 0.237 e. The first kappa shape index (κ1) is 17.3. The van der Waals surface area contributed by atoms with Crippen LogP contribution < -0.4 is 4.74 Å². The number of carbonyl (C=O) groups is 2. The van der Waals surface area contributed by atoms with Crippen molar-refractivity contribution in [2.75, 3.05) is 38.4 Å². The molecular formula is C18H24N2O3S. The summed E-state index contributed by atoms with van der Waals surface area (Å²) < 4.78 is 5.74. The van der Waals surface area contributed by atoms with E-state index in [1.165, 1.54) is 4.90 Å². The van der Waals surface area contributed by atoms with Gasteiger partial charge in [0.25, 0.3) is 0 Å². The van der Waals surface area contributed by atoms with Crippen LogP contribution in [0.2, 0.25) is 0 Å². The van der Waals surface area contributed by atoms with Gasteiger partial charge in [-0.25, -0.2) is 0 Å². The number of carbonyl (C=O) groups excluding carboxylic acids is 2. The highest BCUT2D eigenvalue weighted by molar-refractivity contribution is 7.99. The lowest BCUT2D eigenvalue weighted by molar-refractivity contribution is -0.143. The number of likely N-dealkylation sites (tertiary alicyclic amines) is 1. The van der Waals surface area contributed by atoms with Gasteiger partial charge in [-0.05, 0) is 43.8 Å². The van der Waals surface area contributed by atoms with Crippen LogP contribution in [0.4, 0.5) is 0 Å². The van der Waals surface area contributed by atoms with Gasteiger partial charge in [-0.2, -0.15) is 11.8 Å². The third kappa shape index (κ3) is 3.59. The van der Waals surface area contributed by atoms with E-state index in [-0.39, 0.29) is 11.8 Å². The van der Waals surface area contributed by atoms with Crippen LogP contribution in [0.3, 0.4) is 0 Å². The van der Waals surface area contributed by atoms with E-state index in [9.17, 15) is 9.59 Å². The van der Waals surface area contributed by atoms with E-state index in [4.69, 9.17) is 4.74 Å². The fourth-order valence-corrected chi connectivity index (χ4v) is 4.70. The van der Waals surface area contributed by atoms with Gasteiger partial charge in [-0.1, -0.05) is 12.1 Å². The number of aryl methyl sites for hydroxylation is 1. The minimum absolute atomic E-state index is 0.0175. The predicted octanol–water partition coefficient (Wildman–Crippen LogP) is 2.15. The Bertz CT molecular complexity index is 628. The van der Waals surface area contributed by atoms with E-state index < -0.39 is 5.41 Å². The molecule has 1 aromatic carbocycles. The van der Waals surface area contributed by atoms with Gasteiger partial charge >= 0.3 is 0 Å². The number of hydrogen-bond acceptors (Lipinski definition) is 5. The first-order valence-electron chi connectivity index (χ1n) is 8.31. The average molecular weight is 348 g/mol. The summed E-state index contributed by atoms with van der Waals surface area (Å²) in [6, 6.07) is 7.92. The molecule has 3 rings (SSSR count). The topological polar surface area (TPSA) is 49.9 Å². The number of rotatable bonds is 6. The zero-order valence-electron chi connectivity index (χ0n) is 14.3. The third-order valence-electron chi connectivity index (χ3n) is 4.71. The predicted molar refractivity (Wildman–Crippen MR) is 95.0 cm³/mol. The number of nitrogens with zero attached hydrogens (tertiary/aromatic N) is 2. The van der Waals surface area contributed by atoms with E-state index in [2.05, 4.69) is 0 Å². The summed E-state index contributed by atoms with van der Waals surface area (Å²) in [5.74, 6) is 2.60. The Balaban J connectivity index is 1.49. The van der Waals surface area contributed by atoms with Crippen molar-refractivity contribution < 1.29 is 14.3 Å². The van der Waals surface area contributed by atoms with Crippen molar-refractivity contribution in [3.63, 3.8) is 0 Å². The number of ether oxygens (including phenoxy) is 1. The molecule has 0 bridgehead atoms. The van der Waals surface area contributed by atoms with Gasteiger partial charge in [0.15, 0.2) is 0 Å². The van der Waals surface area contributed by atoms with Crippen LogP contribution in [0.1, 0.15) is 18.4 Å². The largest absolute Gasteiger partial charge is 0.492 e. The van der Waals surface area contributed by atoms with Crippen LogP contribution in [0.5, 0.6) is 5.75 Å². The zero-order valence-corrected chi connectivity index (χ0v) is 15.1. The summed E-state index contributed by atoms with van der Waals surface area (Å²) in [5.41, 5.74) is 0.745. The molecule has 2 heterocycles. The quantitative estimate of drug-likeness (QED) is 0.737. The van der Waals surface area contributed by atoms with Crippen molar-refractivity contribution in [3.05, 3.63) is 29.8 Å². The van der Waals surface area contributed by atoms with E-state index in [1.807, 2.05) is 43.1 Å². The minimum atomic E-state index is -0.416. The lowest BCUT2D eigenvalue weighted by atomic mass is 9.86. The van der Waals surface area contributed by atoms with Crippen LogP contribution in [0.15, 0.2) is 24.3 Å². The number of benzene rings is 1. The Kier molecular flexibility index (Phi) is 5.15. The molecule has 2 amide bonds. The van der Waals surface area contributed by atoms with Crippen LogP contribution in [-0.2, 0) is 9.59 Å². The van der Waals surface area contributed by atoms with E-state index in [0.29, 0.717) is 26.2 Å². The lowest BCUT2D eigenvalue weighted by Crippen LogP contribution is -2.43. The van der Waals surface area contributed by atoms with Crippen molar-refractivity contribution in [2.24, 2.45) is 5.41 Å². The van der Waals surface area contributed by atoms with Gasteiger partial charge in [-0.15, -0.1) is 0 Å². The number of thioether (sulfide) groups is 1. The minimum Gasteiger partial charge on any atom is -0.492 e. The SMILES string of the molecule is Cc1cccc(OCCN(C)CN2C(=O)CC3(CCSC3)C2=O)c1. The third-order valence-corrected chi connectivity index (χ3v) is 5.96. The molecule has 2 saturated heterocycles. The summed E-state index contributed by atoms with van der Waals surface area (Å²) in [4.78, 5) is 28.3. The molecule has 0 aromatic heterocycles. The highest BCUT2D eigenvalue weighted by Crippen LogP contribution is 2.44. The number of imide groups is 1. The summed E-state index contributed by atoms with van der Waals surface area (Å²) >= 11 is 1.78. The van der Waals surface area contributed by atoms with Gasteiger partial charge in [-0.3, -0.25) is 19.4 Å². The zero-order chi connectivity index (χ0) is 17.2. The first-order chi connectivity index (χ1) is 11.5. The van der Waals surface area contributed by atoms with E-state index in [1.54, 1.807) is 11.8 Å². The normalized spacial score (nSPS) is 23.7. The molecule has 2 aliphatic heterocycles. The Morgan fingerprint density at radius 1 is 1.38 bits per heavy atom. The fourth-order valence-electron chi connectivity index (χ4n) is 3.26. The smallest absolute Gasteiger partial charge is 0.237 e. The summed E-state index contributed by atoms with van der Waals surface area (Å²) in [6.45, 7) is 3.56. The van der Waals surface area contributed by atoms with Gasteiger partial charge in [0.2, 0.25) is 11.8 Å². The van der Waals surface area contributed by atoms with Crippen LogP contribution in [0.25, 0.3) is 0 Å². The van der Waals surface area contributed by atoms with E-state index in [0.717, 1.165) is 29.2 Å². The second-order valence-electron chi connectivity index (χ2n) is 6.77. The Hall–Kier alpha value is -1.53. The first-order valence-corrected chi connectivity index (χ1v) is 9.46. The molecule has 0 aliphatic carbocycles. The van der Waals surface area contributed by atoms with Crippen LogP contribution in [-0.4, -0.2) is 60.0 Å². The Morgan fingerprint density at radius 3 is 2.92 bits per heavy atom. The van der Waals surface area contributed by atoms with Gasteiger partial charge in [0.1, 0.15) is 12.4 Å². The average Bonchev–Trinajstić information content (AvgIpc) is 3.09. The maximum absolute atomic E-state index is 12.6. The summed E-state index contributed by atoms with van der Waals surface area (Å²) in [6.07, 6.45) is 1.21. The van der Waals surface area contributed by atoms with Crippen molar-refractivity contribution in [3.8, 4) is 5.75 Å². The molecule has 0 saturated carbocycles. The van der Waals surface area contributed by atoms with E-state index >= 15 is 0 Å². The molecule has 24 heavy (non-hydrogen) atoms. The molecule has 1 unspecified atom stereocenters. The van der Waals surface area contributed by atoms with Crippen molar-refractivity contribution in [1.29, 1.82) is 0 Å². The number of likely N-dealkylation sites (N-methyl/N-ethyl adjacent to an activating group) is 1. The van der Waals surface area contributed by atoms with Crippen LogP contribution >= 0.6 is 11.8 Å². The van der Waals surface area contributed by atoms with Crippen LogP contribution in [0, 0.1) is 12.3 Å². The molecule has 1 atom stereocenters. The van der Waals surface area contributed by atoms with Crippen molar-refractivity contribution in [1.82, 2.24) is 9.80 Å². The van der Waals surface area contributed by atoms with Crippen molar-refractivity contribution in [2.45, 2.75) is 19.8 Å². The summed E-state index contributed by atoms with van der Waals surface area (Å²) in [7, 11) is 1.91. The second-order valence-corrected chi connectivity index (χ2v) is 7.88. The maximum atomic E-state index is 12.6. The summed E-state index contributed by atoms with van der Waals surface area (Å²) in [5, 5.41) is 0. The molecule has 1 aromatic rings. The van der Waals surface area contributed by atoms with Gasteiger partial charge in [0.05, 0.1) is 12.1 Å². The number of hydrogen-bond donors (Lipinski definition) is 0. The van der Waals surface area contributed by atoms with Gasteiger partial charge < -0.3 is 4.74 Å². The monoisotopic (exact) mass is 348 g/mol. The molecule has 1 spiro atoms. The fraction of sp³-hybridized carbons (Fsp3) is 0.556. The molecule has 6 heteroatoms. The Labute approximate surface area is 147 Å². The molecule has 2 fully saturated rings.